The van der Waals surface area contributed by atoms with E-state index in [2.05, 4.69) is 27.5 Å². The van der Waals surface area contributed by atoms with Gasteiger partial charge in [-0.25, -0.2) is 9.78 Å². The number of carbonyl (C=O) groups excluding carboxylic acids is 2. The second-order valence-electron chi connectivity index (χ2n) is 6.45. The monoisotopic (exact) mass is 403 g/mol. The number of benzene rings is 2. The van der Waals surface area contributed by atoms with Crippen LogP contribution < -0.4 is 15.4 Å². The molecule has 1 aliphatic carbocycles. The number of ether oxygens (including phenoxy) is 1. The van der Waals surface area contributed by atoms with Crippen LogP contribution in [-0.4, -0.2) is 17.0 Å². The molecular weight excluding hydrogens is 386 g/mol. The van der Waals surface area contributed by atoms with E-state index in [0.717, 1.165) is 23.3 Å². The van der Waals surface area contributed by atoms with Gasteiger partial charge in [0.05, 0.1) is 11.1 Å². The van der Waals surface area contributed by atoms with Crippen LogP contribution in [0.3, 0.4) is 0 Å². The Kier molecular flexibility index (Phi) is 5.54. The zero-order valence-electron chi connectivity index (χ0n) is 15.3. The van der Waals surface area contributed by atoms with Gasteiger partial charge in [-0.15, -0.1) is 0 Å². The quantitative estimate of drug-likeness (QED) is 0.629. The van der Waals surface area contributed by atoms with Gasteiger partial charge in [0.15, 0.2) is 5.13 Å². The van der Waals surface area contributed by atoms with Crippen molar-refractivity contribution in [1.29, 1.82) is 0 Å². The lowest BCUT2D eigenvalue weighted by molar-refractivity contribution is -0.117. The molecule has 1 saturated carbocycles. The Morgan fingerprint density at radius 2 is 1.76 bits per heavy atom. The van der Waals surface area contributed by atoms with Crippen LogP contribution in [0.5, 0.6) is 5.75 Å². The molecule has 0 unspecified atom stereocenters. The zero-order valence-corrected chi connectivity index (χ0v) is 16.2. The van der Waals surface area contributed by atoms with E-state index in [0.29, 0.717) is 16.6 Å². The van der Waals surface area contributed by atoms with Crippen LogP contribution in [0.2, 0.25) is 0 Å². The predicted molar refractivity (Wildman–Crippen MR) is 112 cm³/mol. The molecule has 0 saturated heterocycles. The average molecular weight is 403 g/mol. The predicted octanol–water partition coefficient (Wildman–Crippen LogP) is 4.50. The lowest BCUT2D eigenvalue weighted by atomic mass is 10.2. The number of hydrogen-bond acceptors (Lipinski definition) is 5. The number of carbonyl (C=O) groups is 2. The Balaban J connectivity index is 1.32. The number of aromatic nitrogens is 1. The van der Waals surface area contributed by atoms with Crippen LogP contribution in [0.15, 0.2) is 60.8 Å². The van der Waals surface area contributed by atoms with Gasteiger partial charge in [-0.3, -0.25) is 10.1 Å². The van der Waals surface area contributed by atoms with Crippen molar-refractivity contribution < 1.29 is 14.3 Å². The lowest BCUT2D eigenvalue weighted by Gasteiger charge is -2.06. The minimum Gasteiger partial charge on any atom is -0.410 e. The Morgan fingerprint density at radius 3 is 2.48 bits per heavy atom. The van der Waals surface area contributed by atoms with Crippen molar-refractivity contribution in [3.8, 4) is 17.6 Å². The third-order valence-corrected chi connectivity index (χ3v) is 4.93. The summed E-state index contributed by atoms with van der Waals surface area (Å²) in [6.07, 6.45) is 3.01. The molecule has 0 radical (unpaired) electrons. The van der Waals surface area contributed by atoms with Crippen molar-refractivity contribution in [2.75, 3.05) is 10.6 Å². The molecule has 2 amide bonds. The van der Waals surface area contributed by atoms with E-state index in [1.165, 1.54) is 11.3 Å². The average Bonchev–Trinajstić information content (AvgIpc) is 3.49. The minimum absolute atomic E-state index is 0.0349. The first kappa shape index (κ1) is 18.7. The summed E-state index contributed by atoms with van der Waals surface area (Å²) < 4.78 is 5.19. The Hall–Kier alpha value is -3.63. The Bertz CT molecular complexity index is 1080. The zero-order chi connectivity index (χ0) is 20.1. The van der Waals surface area contributed by atoms with Gasteiger partial charge in [-0.05, 0) is 55.2 Å². The molecule has 7 heteroatoms. The largest absolute Gasteiger partial charge is 0.417 e. The van der Waals surface area contributed by atoms with E-state index in [1.807, 2.05) is 18.2 Å². The van der Waals surface area contributed by atoms with Gasteiger partial charge in [-0.1, -0.05) is 35.5 Å². The third kappa shape index (κ3) is 5.43. The molecule has 3 aromatic rings. The minimum atomic E-state index is -0.555. The van der Waals surface area contributed by atoms with Gasteiger partial charge < -0.3 is 10.1 Å². The topological polar surface area (TPSA) is 80.3 Å². The van der Waals surface area contributed by atoms with Gasteiger partial charge in [0.1, 0.15) is 5.75 Å². The maximum atomic E-state index is 11.9. The number of para-hydroxylation sites is 1. The number of rotatable bonds is 4. The van der Waals surface area contributed by atoms with Crippen LogP contribution in [0, 0.1) is 17.8 Å². The number of thiazole rings is 1. The molecule has 29 heavy (non-hydrogen) atoms. The first-order chi connectivity index (χ1) is 14.2. The second-order valence-corrected chi connectivity index (χ2v) is 7.48. The summed E-state index contributed by atoms with van der Waals surface area (Å²) >= 11 is 1.35. The first-order valence-corrected chi connectivity index (χ1v) is 9.90. The highest BCUT2D eigenvalue weighted by Crippen LogP contribution is 2.30. The van der Waals surface area contributed by atoms with E-state index in [-0.39, 0.29) is 11.8 Å². The highest BCUT2D eigenvalue weighted by molar-refractivity contribution is 7.16. The second kappa shape index (κ2) is 8.59. The molecule has 2 aromatic carbocycles. The van der Waals surface area contributed by atoms with Crippen LogP contribution in [0.25, 0.3) is 0 Å². The van der Waals surface area contributed by atoms with Gasteiger partial charge >= 0.3 is 6.09 Å². The van der Waals surface area contributed by atoms with Crippen molar-refractivity contribution in [3.63, 3.8) is 0 Å². The molecule has 1 fully saturated rings. The highest BCUT2D eigenvalue weighted by Gasteiger charge is 2.30. The maximum Gasteiger partial charge on any atom is 0.417 e. The molecule has 0 aliphatic heterocycles. The molecule has 1 aliphatic rings. The lowest BCUT2D eigenvalue weighted by Crippen LogP contribution is -2.16. The molecule has 4 rings (SSSR count). The van der Waals surface area contributed by atoms with Gasteiger partial charge in [-0.2, -0.15) is 0 Å². The van der Waals surface area contributed by atoms with E-state index in [9.17, 15) is 9.59 Å². The summed E-state index contributed by atoms with van der Waals surface area (Å²) in [5.41, 5.74) is 1.41. The van der Waals surface area contributed by atoms with Crippen LogP contribution in [0.1, 0.15) is 23.3 Å². The smallest absolute Gasteiger partial charge is 0.410 e. The van der Waals surface area contributed by atoms with Crippen molar-refractivity contribution >= 4 is 34.2 Å². The molecule has 1 aromatic heterocycles. The number of nitrogens with one attached hydrogen (secondary N) is 2. The van der Waals surface area contributed by atoms with Gasteiger partial charge in [0.2, 0.25) is 5.91 Å². The fraction of sp³-hybridized carbons (Fsp3) is 0.136. The summed E-state index contributed by atoms with van der Waals surface area (Å²) in [6, 6.07) is 16.0. The Morgan fingerprint density at radius 1 is 1.00 bits per heavy atom. The first-order valence-electron chi connectivity index (χ1n) is 9.08. The van der Waals surface area contributed by atoms with Gasteiger partial charge in [0.25, 0.3) is 0 Å². The van der Waals surface area contributed by atoms with E-state index >= 15 is 0 Å². The normalized spacial score (nSPS) is 12.4. The molecule has 0 spiro atoms. The molecule has 1 heterocycles. The fourth-order valence-electron chi connectivity index (χ4n) is 2.45. The van der Waals surface area contributed by atoms with Crippen LogP contribution in [0.4, 0.5) is 15.6 Å². The van der Waals surface area contributed by atoms with E-state index in [4.69, 9.17) is 4.74 Å². The van der Waals surface area contributed by atoms with Crippen molar-refractivity contribution in [2.45, 2.75) is 12.8 Å². The Labute approximate surface area is 171 Å². The molecule has 0 atom stereocenters. The van der Waals surface area contributed by atoms with Crippen molar-refractivity contribution in [1.82, 2.24) is 4.98 Å². The molecule has 144 valence electrons. The maximum absolute atomic E-state index is 11.9. The summed E-state index contributed by atoms with van der Waals surface area (Å²) in [5.74, 6) is 6.74. The fourth-order valence-corrected chi connectivity index (χ4v) is 3.13. The molecule has 0 bridgehead atoms. The van der Waals surface area contributed by atoms with Crippen molar-refractivity contribution in [2.24, 2.45) is 5.92 Å². The summed E-state index contributed by atoms with van der Waals surface area (Å²) in [5, 5.41) is 6.06. The highest BCUT2D eigenvalue weighted by atomic mass is 32.1. The number of nitrogens with zero attached hydrogens (tertiary/aromatic N) is 1. The van der Waals surface area contributed by atoms with Gasteiger partial charge in [0, 0.05) is 17.2 Å². The van der Waals surface area contributed by atoms with Crippen LogP contribution >= 0.6 is 11.3 Å². The van der Waals surface area contributed by atoms with E-state index in [1.54, 1.807) is 42.6 Å². The number of anilines is 2. The van der Waals surface area contributed by atoms with Crippen LogP contribution in [-0.2, 0) is 4.79 Å². The molecule has 2 N–H and O–H groups in total. The summed E-state index contributed by atoms with van der Waals surface area (Å²) in [6.45, 7) is 0. The molecular formula is C22H17N3O3S. The van der Waals surface area contributed by atoms with Crippen molar-refractivity contribution in [3.05, 3.63) is 71.2 Å². The summed E-state index contributed by atoms with van der Waals surface area (Å²) in [4.78, 5) is 28.6. The SMILES string of the molecule is O=C(Nc1ccc(C#Cc2cnc(NC(=O)C3CC3)s2)cc1)Oc1ccccc1. The number of amides is 2. The standard InChI is InChI=1S/C22H17N3O3S/c26-20(16-9-10-16)25-21-23-14-19(29-21)13-8-15-6-11-17(12-7-15)24-22(27)28-18-4-2-1-3-5-18/h1-7,11-12,14,16H,9-10H2,(H,24,27)(H,23,25,26). The summed E-state index contributed by atoms with van der Waals surface area (Å²) in [7, 11) is 0. The third-order valence-electron chi connectivity index (χ3n) is 4.10. The number of hydrogen-bond donors (Lipinski definition) is 2. The molecule has 6 nitrogen and oxygen atoms in total. The van der Waals surface area contributed by atoms with E-state index < -0.39 is 6.09 Å².